The zero-order valence-electron chi connectivity index (χ0n) is 11.8. The number of amides is 1. The third-order valence-corrected chi connectivity index (χ3v) is 4.16. The quantitative estimate of drug-likeness (QED) is 0.682. The summed E-state index contributed by atoms with van der Waals surface area (Å²) in [6, 6.07) is 19.0. The van der Waals surface area contributed by atoms with Crippen LogP contribution in [0.4, 0.5) is 10.1 Å². The first-order chi connectivity index (χ1) is 10.7. The van der Waals surface area contributed by atoms with E-state index in [2.05, 4.69) is 0 Å². The fraction of sp³-hybridized carbons (Fsp3) is 0.0556. The van der Waals surface area contributed by atoms with Crippen LogP contribution in [0.1, 0.15) is 15.2 Å². The Morgan fingerprint density at radius 2 is 1.68 bits per heavy atom. The number of benzene rings is 2. The molecule has 0 unspecified atom stereocenters. The van der Waals surface area contributed by atoms with Crippen molar-refractivity contribution in [3.05, 3.63) is 88.4 Å². The van der Waals surface area contributed by atoms with Crippen molar-refractivity contribution in [2.45, 2.75) is 6.54 Å². The van der Waals surface area contributed by atoms with Gasteiger partial charge in [-0.05, 0) is 47.8 Å². The number of hydrogen-bond acceptors (Lipinski definition) is 2. The molecule has 2 aromatic carbocycles. The van der Waals surface area contributed by atoms with E-state index in [-0.39, 0.29) is 11.7 Å². The molecular weight excluding hydrogens is 297 g/mol. The number of rotatable bonds is 4. The third-order valence-electron chi connectivity index (χ3n) is 3.30. The van der Waals surface area contributed by atoms with Gasteiger partial charge in [0, 0.05) is 16.1 Å². The lowest BCUT2D eigenvalue weighted by Crippen LogP contribution is -2.30. The van der Waals surface area contributed by atoms with Crippen molar-refractivity contribution in [3.8, 4) is 0 Å². The smallest absolute Gasteiger partial charge is 0.258 e. The zero-order valence-corrected chi connectivity index (χ0v) is 12.6. The molecule has 0 bridgehead atoms. The lowest BCUT2D eigenvalue weighted by atomic mass is 10.1. The fourth-order valence-corrected chi connectivity index (χ4v) is 2.89. The SMILES string of the molecule is O=C(c1ccccc1)N(Cc1cccs1)c1ccc(F)cc1. The number of hydrogen-bond donors (Lipinski definition) is 0. The molecule has 22 heavy (non-hydrogen) atoms. The second-order valence-electron chi connectivity index (χ2n) is 4.81. The lowest BCUT2D eigenvalue weighted by Gasteiger charge is -2.22. The van der Waals surface area contributed by atoms with Crippen LogP contribution < -0.4 is 4.90 Å². The van der Waals surface area contributed by atoms with E-state index in [0.717, 1.165) is 4.88 Å². The highest BCUT2D eigenvalue weighted by atomic mass is 32.1. The molecule has 0 radical (unpaired) electrons. The van der Waals surface area contributed by atoms with Gasteiger partial charge < -0.3 is 4.90 Å². The predicted octanol–water partition coefficient (Wildman–Crippen LogP) is 4.73. The summed E-state index contributed by atoms with van der Waals surface area (Å²) in [5.41, 5.74) is 1.30. The average Bonchev–Trinajstić information content (AvgIpc) is 3.07. The minimum Gasteiger partial charge on any atom is -0.303 e. The Labute approximate surface area is 132 Å². The number of anilines is 1. The minimum absolute atomic E-state index is 0.0967. The van der Waals surface area contributed by atoms with Crippen LogP contribution in [0.5, 0.6) is 0 Å². The Hall–Kier alpha value is -2.46. The molecule has 3 aromatic rings. The molecule has 1 heterocycles. The van der Waals surface area contributed by atoms with Gasteiger partial charge in [0.05, 0.1) is 6.54 Å². The van der Waals surface area contributed by atoms with Crippen LogP contribution in [0.25, 0.3) is 0 Å². The highest BCUT2D eigenvalue weighted by Gasteiger charge is 2.18. The maximum absolute atomic E-state index is 13.2. The fourth-order valence-electron chi connectivity index (χ4n) is 2.20. The molecule has 0 saturated heterocycles. The lowest BCUT2D eigenvalue weighted by molar-refractivity contribution is 0.0985. The van der Waals surface area contributed by atoms with E-state index in [9.17, 15) is 9.18 Å². The van der Waals surface area contributed by atoms with Gasteiger partial charge in [-0.1, -0.05) is 24.3 Å². The summed E-state index contributed by atoms with van der Waals surface area (Å²) < 4.78 is 13.2. The predicted molar refractivity (Wildman–Crippen MR) is 87.7 cm³/mol. The second-order valence-corrected chi connectivity index (χ2v) is 5.85. The first-order valence-corrected chi connectivity index (χ1v) is 7.77. The van der Waals surface area contributed by atoms with Crippen molar-refractivity contribution >= 4 is 22.9 Å². The van der Waals surface area contributed by atoms with E-state index in [1.165, 1.54) is 12.1 Å². The first kappa shape index (κ1) is 14.5. The topological polar surface area (TPSA) is 20.3 Å². The molecule has 1 amide bonds. The highest BCUT2D eigenvalue weighted by molar-refractivity contribution is 7.09. The molecule has 2 nitrogen and oxygen atoms in total. The van der Waals surface area contributed by atoms with E-state index in [0.29, 0.717) is 17.8 Å². The Balaban J connectivity index is 1.95. The van der Waals surface area contributed by atoms with Crippen molar-refractivity contribution in [1.29, 1.82) is 0 Å². The van der Waals surface area contributed by atoms with Gasteiger partial charge in [0.1, 0.15) is 5.82 Å². The van der Waals surface area contributed by atoms with E-state index in [1.54, 1.807) is 40.5 Å². The molecule has 0 aliphatic heterocycles. The molecule has 110 valence electrons. The van der Waals surface area contributed by atoms with Crippen LogP contribution in [0, 0.1) is 5.82 Å². The van der Waals surface area contributed by atoms with Gasteiger partial charge in [0.25, 0.3) is 5.91 Å². The van der Waals surface area contributed by atoms with Crippen molar-refractivity contribution < 1.29 is 9.18 Å². The number of carbonyl (C=O) groups is 1. The molecule has 0 aliphatic carbocycles. The van der Waals surface area contributed by atoms with Gasteiger partial charge in [-0.3, -0.25) is 4.79 Å². The maximum Gasteiger partial charge on any atom is 0.258 e. The molecule has 0 atom stereocenters. The van der Waals surface area contributed by atoms with Crippen LogP contribution in [-0.4, -0.2) is 5.91 Å². The summed E-state index contributed by atoms with van der Waals surface area (Å²) in [5.74, 6) is -0.410. The summed E-state index contributed by atoms with van der Waals surface area (Å²) in [6.45, 7) is 0.469. The minimum atomic E-state index is -0.313. The normalized spacial score (nSPS) is 10.4. The average molecular weight is 311 g/mol. The number of carbonyl (C=O) groups excluding carboxylic acids is 1. The van der Waals surface area contributed by atoms with E-state index < -0.39 is 0 Å². The molecule has 0 spiro atoms. The van der Waals surface area contributed by atoms with Gasteiger partial charge in [0.2, 0.25) is 0 Å². The van der Waals surface area contributed by atoms with Gasteiger partial charge in [-0.25, -0.2) is 4.39 Å². The maximum atomic E-state index is 13.2. The van der Waals surface area contributed by atoms with Crippen molar-refractivity contribution in [2.75, 3.05) is 4.90 Å². The monoisotopic (exact) mass is 311 g/mol. The number of halogens is 1. The molecule has 4 heteroatoms. The van der Waals surface area contributed by atoms with E-state index >= 15 is 0 Å². The molecule has 0 saturated carbocycles. The largest absolute Gasteiger partial charge is 0.303 e. The Kier molecular flexibility index (Phi) is 4.30. The van der Waals surface area contributed by atoms with Gasteiger partial charge in [-0.2, -0.15) is 0 Å². The summed E-state index contributed by atoms with van der Waals surface area (Å²) in [7, 11) is 0. The number of nitrogens with zero attached hydrogens (tertiary/aromatic N) is 1. The van der Waals surface area contributed by atoms with E-state index in [1.807, 2.05) is 35.7 Å². The van der Waals surface area contributed by atoms with Gasteiger partial charge >= 0.3 is 0 Å². The molecule has 0 N–H and O–H groups in total. The van der Waals surface area contributed by atoms with Gasteiger partial charge in [0.15, 0.2) is 0 Å². The molecule has 1 aromatic heterocycles. The van der Waals surface area contributed by atoms with Crippen molar-refractivity contribution in [1.82, 2.24) is 0 Å². The molecule has 0 fully saturated rings. The zero-order chi connectivity index (χ0) is 15.4. The van der Waals surface area contributed by atoms with Crippen LogP contribution in [0.15, 0.2) is 72.1 Å². The third kappa shape index (κ3) is 3.23. The number of thiophene rings is 1. The van der Waals surface area contributed by atoms with Gasteiger partial charge in [-0.15, -0.1) is 11.3 Å². The standard InChI is InChI=1S/C18H14FNOS/c19-15-8-10-16(11-9-15)20(13-17-7-4-12-22-17)18(21)14-5-2-1-3-6-14/h1-12H,13H2. The molecule has 3 rings (SSSR count). The van der Waals surface area contributed by atoms with Crippen molar-refractivity contribution in [3.63, 3.8) is 0 Å². The van der Waals surface area contributed by atoms with Crippen LogP contribution in [-0.2, 0) is 6.54 Å². The van der Waals surface area contributed by atoms with Crippen molar-refractivity contribution in [2.24, 2.45) is 0 Å². The van der Waals surface area contributed by atoms with E-state index in [4.69, 9.17) is 0 Å². The Morgan fingerprint density at radius 1 is 0.955 bits per heavy atom. The van der Waals surface area contributed by atoms with Crippen LogP contribution >= 0.6 is 11.3 Å². The second kappa shape index (κ2) is 6.54. The summed E-state index contributed by atoms with van der Waals surface area (Å²) in [5, 5.41) is 1.98. The highest BCUT2D eigenvalue weighted by Crippen LogP contribution is 2.22. The van der Waals surface area contributed by atoms with Crippen LogP contribution in [0.3, 0.4) is 0 Å². The Bertz CT molecular complexity index is 739. The summed E-state index contributed by atoms with van der Waals surface area (Å²) in [4.78, 5) is 15.5. The molecular formula is C18H14FNOS. The Morgan fingerprint density at radius 3 is 2.32 bits per heavy atom. The summed E-state index contributed by atoms with van der Waals surface area (Å²) in [6.07, 6.45) is 0. The molecule has 0 aliphatic rings. The van der Waals surface area contributed by atoms with Crippen LogP contribution in [0.2, 0.25) is 0 Å². The summed E-state index contributed by atoms with van der Waals surface area (Å²) >= 11 is 1.59. The first-order valence-electron chi connectivity index (χ1n) is 6.89.